The second kappa shape index (κ2) is 8.38. The van der Waals surface area contributed by atoms with Crippen LogP contribution in [0.15, 0.2) is 60.8 Å². The van der Waals surface area contributed by atoms with E-state index in [-0.39, 0.29) is 5.91 Å². The summed E-state index contributed by atoms with van der Waals surface area (Å²) >= 11 is 0. The molecular formula is C23H26N4O. The third-order valence-electron chi connectivity index (χ3n) is 5.56. The van der Waals surface area contributed by atoms with E-state index in [1.165, 1.54) is 30.4 Å². The van der Waals surface area contributed by atoms with Gasteiger partial charge in [-0.3, -0.25) is 4.79 Å². The van der Waals surface area contributed by atoms with Gasteiger partial charge >= 0.3 is 0 Å². The normalized spacial score (nSPS) is 13.9. The van der Waals surface area contributed by atoms with Gasteiger partial charge in [-0.2, -0.15) is 0 Å². The van der Waals surface area contributed by atoms with E-state index < -0.39 is 0 Å². The zero-order valence-corrected chi connectivity index (χ0v) is 16.3. The zero-order chi connectivity index (χ0) is 19.3. The van der Waals surface area contributed by atoms with E-state index in [2.05, 4.69) is 41.5 Å². The number of rotatable bonds is 7. The average Bonchev–Trinajstić information content (AvgIpc) is 3.14. The molecule has 28 heavy (non-hydrogen) atoms. The summed E-state index contributed by atoms with van der Waals surface area (Å²) in [6.07, 6.45) is 5.45. The number of hydrogen-bond acceptors (Lipinski definition) is 3. The van der Waals surface area contributed by atoms with Gasteiger partial charge in [0.25, 0.3) is 5.91 Å². The first-order chi connectivity index (χ1) is 13.7. The van der Waals surface area contributed by atoms with Crippen molar-refractivity contribution < 1.29 is 4.79 Å². The highest BCUT2D eigenvalue weighted by Crippen LogP contribution is 2.28. The Balaban J connectivity index is 1.49. The van der Waals surface area contributed by atoms with Crippen molar-refractivity contribution in [3.63, 3.8) is 0 Å². The molecule has 2 aromatic carbocycles. The molecule has 144 valence electrons. The van der Waals surface area contributed by atoms with Crippen molar-refractivity contribution in [1.82, 2.24) is 19.9 Å². The smallest absolute Gasteiger partial charge is 0.276 e. The van der Waals surface area contributed by atoms with Crippen molar-refractivity contribution in [2.75, 3.05) is 6.54 Å². The van der Waals surface area contributed by atoms with Crippen molar-refractivity contribution in [2.24, 2.45) is 5.92 Å². The van der Waals surface area contributed by atoms with E-state index in [0.717, 1.165) is 12.1 Å². The van der Waals surface area contributed by atoms with E-state index in [4.69, 9.17) is 0 Å². The molecule has 0 atom stereocenters. The molecule has 1 amide bonds. The number of carbonyl (C=O) groups excluding carboxylic acids is 1. The van der Waals surface area contributed by atoms with Gasteiger partial charge < -0.3 is 4.90 Å². The third kappa shape index (κ3) is 4.30. The van der Waals surface area contributed by atoms with Crippen LogP contribution in [0.25, 0.3) is 0 Å². The largest absolute Gasteiger partial charge is 0.333 e. The Morgan fingerprint density at radius 1 is 1.11 bits per heavy atom. The number of amides is 1. The van der Waals surface area contributed by atoms with E-state index in [0.29, 0.717) is 24.7 Å². The monoisotopic (exact) mass is 374 g/mol. The van der Waals surface area contributed by atoms with Crippen molar-refractivity contribution in [3.05, 3.63) is 83.2 Å². The lowest BCUT2D eigenvalue weighted by Crippen LogP contribution is -2.37. The zero-order valence-electron chi connectivity index (χ0n) is 16.3. The summed E-state index contributed by atoms with van der Waals surface area (Å²) in [4.78, 5) is 15.1. The van der Waals surface area contributed by atoms with Crippen LogP contribution in [0, 0.1) is 12.8 Å². The highest BCUT2D eigenvalue weighted by atomic mass is 16.2. The van der Waals surface area contributed by atoms with Gasteiger partial charge in [-0.25, -0.2) is 4.68 Å². The summed E-state index contributed by atoms with van der Waals surface area (Å²) in [5.41, 5.74) is 3.95. The van der Waals surface area contributed by atoms with Crippen molar-refractivity contribution in [3.8, 4) is 0 Å². The van der Waals surface area contributed by atoms with Crippen LogP contribution in [0.3, 0.4) is 0 Å². The number of aryl methyl sites for hydroxylation is 1. The van der Waals surface area contributed by atoms with E-state index >= 15 is 0 Å². The first-order valence-electron chi connectivity index (χ1n) is 9.97. The first-order valence-corrected chi connectivity index (χ1v) is 9.97. The Morgan fingerprint density at radius 3 is 2.57 bits per heavy atom. The molecule has 5 heteroatoms. The minimum absolute atomic E-state index is 0.0354. The molecule has 0 spiro atoms. The van der Waals surface area contributed by atoms with Crippen LogP contribution in [0.2, 0.25) is 0 Å². The molecule has 0 unspecified atom stereocenters. The fraction of sp³-hybridized carbons (Fsp3) is 0.348. The van der Waals surface area contributed by atoms with Crippen LogP contribution in [0.5, 0.6) is 0 Å². The van der Waals surface area contributed by atoms with Crippen molar-refractivity contribution >= 4 is 5.91 Å². The van der Waals surface area contributed by atoms with Crippen molar-refractivity contribution in [1.29, 1.82) is 0 Å². The van der Waals surface area contributed by atoms with Crippen LogP contribution in [-0.2, 0) is 13.1 Å². The van der Waals surface area contributed by atoms with Gasteiger partial charge in [0.1, 0.15) is 0 Å². The quantitative estimate of drug-likeness (QED) is 0.626. The molecule has 0 saturated heterocycles. The Morgan fingerprint density at radius 2 is 1.86 bits per heavy atom. The Labute approximate surface area is 166 Å². The molecule has 0 bridgehead atoms. The van der Waals surface area contributed by atoms with Gasteiger partial charge in [0.05, 0.1) is 12.7 Å². The Kier molecular flexibility index (Phi) is 5.51. The summed E-state index contributed by atoms with van der Waals surface area (Å²) in [7, 11) is 0. The summed E-state index contributed by atoms with van der Waals surface area (Å²) < 4.78 is 1.75. The Bertz CT molecular complexity index is 931. The van der Waals surface area contributed by atoms with Crippen LogP contribution in [0.1, 0.15) is 46.4 Å². The van der Waals surface area contributed by atoms with Gasteiger partial charge in [-0.05, 0) is 42.4 Å². The summed E-state index contributed by atoms with van der Waals surface area (Å²) in [6.45, 7) is 4.10. The molecule has 1 aliphatic carbocycles. The van der Waals surface area contributed by atoms with E-state index in [1.807, 2.05) is 35.2 Å². The molecule has 3 aromatic rings. The predicted octanol–water partition coefficient (Wildman–Crippen LogP) is 4.08. The van der Waals surface area contributed by atoms with E-state index in [9.17, 15) is 4.79 Å². The fourth-order valence-corrected chi connectivity index (χ4v) is 3.61. The summed E-state index contributed by atoms with van der Waals surface area (Å²) in [5.74, 6) is 0.571. The van der Waals surface area contributed by atoms with Crippen LogP contribution in [-0.4, -0.2) is 32.3 Å². The number of nitrogens with zero attached hydrogens (tertiary/aromatic N) is 4. The molecule has 1 saturated carbocycles. The number of benzene rings is 2. The molecule has 1 aliphatic rings. The maximum absolute atomic E-state index is 13.2. The van der Waals surface area contributed by atoms with Crippen LogP contribution in [0.4, 0.5) is 0 Å². The fourth-order valence-electron chi connectivity index (χ4n) is 3.61. The minimum atomic E-state index is -0.0354. The summed E-state index contributed by atoms with van der Waals surface area (Å²) in [6, 6.07) is 18.4. The second-order valence-corrected chi connectivity index (χ2v) is 7.70. The highest BCUT2D eigenvalue weighted by molar-refractivity contribution is 5.91. The lowest BCUT2D eigenvalue weighted by Gasteiger charge is -2.32. The Hall–Kier alpha value is -2.95. The second-order valence-electron chi connectivity index (χ2n) is 7.70. The van der Waals surface area contributed by atoms with Gasteiger partial charge in [0.15, 0.2) is 5.69 Å². The maximum atomic E-state index is 13.2. The molecule has 1 fully saturated rings. The molecule has 0 aliphatic heterocycles. The summed E-state index contributed by atoms with van der Waals surface area (Å²) in [5, 5.41) is 8.37. The molecule has 4 rings (SSSR count). The maximum Gasteiger partial charge on any atom is 0.276 e. The molecule has 1 aromatic heterocycles. The average molecular weight is 374 g/mol. The third-order valence-corrected chi connectivity index (χ3v) is 5.56. The van der Waals surface area contributed by atoms with Gasteiger partial charge in [0, 0.05) is 13.1 Å². The number of hydrogen-bond donors (Lipinski definition) is 0. The van der Waals surface area contributed by atoms with Gasteiger partial charge in [-0.15, -0.1) is 5.10 Å². The van der Waals surface area contributed by atoms with E-state index in [1.54, 1.807) is 10.9 Å². The van der Waals surface area contributed by atoms with Gasteiger partial charge in [0.2, 0.25) is 0 Å². The molecule has 5 nitrogen and oxygen atoms in total. The molecule has 0 N–H and O–H groups in total. The molecule has 1 heterocycles. The van der Waals surface area contributed by atoms with Crippen molar-refractivity contribution in [2.45, 2.75) is 39.3 Å². The lowest BCUT2D eigenvalue weighted by molar-refractivity contribution is 0.0673. The van der Waals surface area contributed by atoms with Gasteiger partial charge in [-0.1, -0.05) is 66.2 Å². The predicted molar refractivity (Wildman–Crippen MR) is 109 cm³/mol. The minimum Gasteiger partial charge on any atom is -0.333 e. The number of carbonyl (C=O) groups is 1. The lowest BCUT2D eigenvalue weighted by atomic mass is 9.85. The standard InChI is InChI=1S/C23H26N4O/c1-18-8-5-6-13-21(18)16-27-17-22(24-25-27)23(28)26(15-20-11-7-12-20)14-19-9-3-2-4-10-19/h2-6,8-10,13,17,20H,7,11-12,14-16H2,1H3. The number of aromatic nitrogens is 3. The first kappa shape index (κ1) is 18.4. The SMILES string of the molecule is Cc1ccccc1Cn1cc(C(=O)N(Cc2ccccc2)CC2CCC2)nn1. The molecule has 0 radical (unpaired) electrons. The topological polar surface area (TPSA) is 51.0 Å². The highest BCUT2D eigenvalue weighted by Gasteiger charge is 2.26. The molecular weight excluding hydrogens is 348 g/mol. The van der Waals surface area contributed by atoms with Crippen LogP contribution < -0.4 is 0 Å². The van der Waals surface area contributed by atoms with Crippen LogP contribution >= 0.6 is 0 Å².